The maximum absolute atomic E-state index is 12.6. The molecular formula is C24H26N4O. The Bertz CT molecular complexity index is 1170. The highest BCUT2D eigenvalue weighted by molar-refractivity contribution is 5.84. The van der Waals surface area contributed by atoms with Crippen molar-refractivity contribution in [3.63, 3.8) is 0 Å². The van der Waals surface area contributed by atoms with Gasteiger partial charge in [-0.15, -0.1) is 0 Å². The van der Waals surface area contributed by atoms with Crippen LogP contribution in [-0.4, -0.2) is 40.1 Å². The van der Waals surface area contributed by atoms with Gasteiger partial charge in [0, 0.05) is 30.9 Å². The quantitative estimate of drug-likeness (QED) is 0.539. The molecule has 1 atom stereocenters. The van der Waals surface area contributed by atoms with E-state index in [9.17, 15) is 4.79 Å². The van der Waals surface area contributed by atoms with Gasteiger partial charge in [-0.3, -0.25) is 4.79 Å². The summed E-state index contributed by atoms with van der Waals surface area (Å²) in [6.07, 6.45) is 1.90. The van der Waals surface area contributed by atoms with Crippen molar-refractivity contribution in [2.45, 2.75) is 13.5 Å². The van der Waals surface area contributed by atoms with Crippen LogP contribution >= 0.6 is 0 Å². The van der Waals surface area contributed by atoms with Gasteiger partial charge in [0.25, 0.3) is 5.56 Å². The van der Waals surface area contributed by atoms with Crippen LogP contribution < -0.4 is 5.56 Å². The summed E-state index contributed by atoms with van der Waals surface area (Å²) in [7, 11) is 4.11. The van der Waals surface area contributed by atoms with Gasteiger partial charge >= 0.3 is 0 Å². The first-order valence-corrected chi connectivity index (χ1v) is 9.90. The van der Waals surface area contributed by atoms with Crippen molar-refractivity contribution in [3.8, 4) is 22.5 Å². The molecule has 2 aromatic heterocycles. The van der Waals surface area contributed by atoms with Gasteiger partial charge in [-0.05, 0) is 49.3 Å². The van der Waals surface area contributed by atoms with Crippen LogP contribution in [0.3, 0.4) is 0 Å². The first-order chi connectivity index (χ1) is 14.0. The lowest BCUT2D eigenvalue weighted by Gasteiger charge is -2.18. The van der Waals surface area contributed by atoms with Crippen LogP contribution in [-0.2, 0) is 6.54 Å². The van der Waals surface area contributed by atoms with E-state index >= 15 is 0 Å². The van der Waals surface area contributed by atoms with Gasteiger partial charge < -0.3 is 14.5 Å². The Morgan fingerprint density at radius 1 is 1.00 bits per heavy atom. The Hall–Kier alpha value is -3.18. The van der Waals surface area contributed by atoms with E-state index in [0.717, 1.165) is 46.6 Å². The minimum Gasteiger partial charge on any atom is -0.338 e. The summed E-state index contributed by atoms with van der Waals surface area (Å²) < 4.78 is 1.79. The molecule has 0 aliphatic carbocycles. The zero-order valence-electron chi connectivity index (χ0n) is 17.1. The van der Waals surface area contributed by atoms with E-state index in [0.29, 0.717) is 5.92 Å². The number of pyridine rings is 1. The molecule has 148 valence electrons. The number of imidazole rings is 1. The lowest BCUT2D eigenvalue weighted by Crippen LogP contribution is -2.27. The molecule has 0 fully saturated rings. The normalized spacial score (nSPS) is 12.6. The predicted molar refractivity (Wildman–Crippen MR) is 119 cm³/mol. The van der Waals surface area contributed by atoms with E-state index in [4.69, 9.17) is 0 Å². The smallest absolute Gasteiger partial charge is 0.251 e. The molecule has 2 aromatic carbocycles. The van der Waals surface area contributed by atoms with E-state index in [1.165, 1.54) is 0 Å². The van der Waals surface area contributed by atoms with Crippen molar-refractivity contribution in [3.05, 3.63) is 77.2 Å². The number of nitrogens with zero attached hydrogens (tertiary/aromatic N) is 3. The SMILES string of the molecule is CC(CN(C)C)Cn1ccc(-c2ccc3nc(-c4ccccc4)[nH]c3c2)cc1=O. The number of H-pyrrole nitrogens is 1. The predicted octanol–water partition coefficient (Wildman–Crippen LogP) is 4.26. The van der Waals surface area contributed by atoms with E-state index in [2.05, 4.69) is 42.0 Å². The average Bonchev–Trinajstić information content (AvgIpc) is 3.13. The third-order valence-electron chi connectivity index (χ3n) is 5.04. The molecular weight excluding hydrogens is 360 g/mol. The van der Waals surface area contributed by atoms with Gasteiger partial charge in [0.15, 0.2) is 0 Å². The Labute approximate surface area is 170 Å². The number of fused-ring (bicyclic) bond motifs is 1. The largest absolute Gasteiger partial charge is 0.338 e. The molecule has 0 aliphatic rings. The zero-order chi connectivity index (χ0) is 20.4. The minimum atomic E-state index is 0.0304. The first kappa shape index (κ1) is 19.2. The van der Waals surface area contributed by atoms with E-state index in [-0.39, 0.29) is 5.56 Å². The molecule has 0 radical (unpaired) electrons. The van der Waals surface area contributed by atoms with Gasteiger partial charge in [0.2, 0.25) is 0 Å². The number of nitrogens with one attached hydrogen (secondary N) is 1. The molecule has 1 N–H and O–H groups in total. The number of hydrogen-bond acceptors (Lipinski definition) is 3. The van der Waals surface area contributed by atoms with Gasteiger partial charge in [0.1, 0.15) is 5.82 Å². The van der Waals surface area contributed by atoms with Crippen LogP contribution in [0, 0.1) is 5.92 Å². The molecule has 4 rings (SSSR count). The van der Waals surface area contributed by atoms with Crippen molar-refractivity contribution >= 4 is 11.0 Å². The van der Waals surface area contributed by atoms with Crippen molar-refractivity contribution in [1.29, 1.82) is 0 Å². The minimum absolute atomic E-state index is 0.0304. The van der Waals surface area contributed by atoms with Gasteiger partial charge in [0.05, 0.1) is 11.0 Å². The number of aromatic nitrogens is 3. The molecule has 4 aromatic rings. The Morgan fingerprint density at radius 2 is 1.76 bits per heavy atom. The monoisotopic (exact) mass is 386 g/mol. The second kappa shape index (κ2) is 8.05. The van der Waals surface area contributed by atoms with Crippen molar-refractivity contribution in [1.82, 2.24) is 19.4 Å². The topological polar surface area (TPSA) is 53.9 Å². The van der Waals surface area contributed by atoms with Crippen LogP contribution in [0.4, 0.5) is 0 Å². The van der Waals surface area contributed by atoms with E-state index in [1.807, 2.05) is 54.7 Å². The Morgan fingerprint density at radius 3 is 2.48 bits per heavy atom. The fourth-order valence-electron chi connectivity index (χ4n) is 3.78. The fourth-order valence-corrected chi connectivity index (χ4v) is 3.78. The van der Waals surface area contributed by atoms with E-state index < -0.39 is 0 Å². The zero-order valence-corrected chi connectivity index (χ0v) is 17.1. The highest BCUT2D eigenvalue weighted by Gasteiger charge is 2.09. The van der Waals surface area contributed by atoms with Crippen molar-refractivity contribution in [2.24, 2.45) is 5.92 Å². The molecule has 0 saturated carbocycles. The molecule has 5 heteroatoms. The van der Waals surface area contributed by atoms with Gasteiger partial charge in [-0.1, -0.05) is 43.3 Å². The van der Waals surface area contributed by atoms with Crippen LogP contribution in [0.25, 0.3) is 33.5 Å². The third kappa shape index (κ3) is 4.30. The summed E-state index contributed by atoms with van der Waals surface area (Å²) in [5.74, 6) is 1.26. The number of benzene rings is 2. The molecule has 0 amide bonds. The molecule has 0 saturated heterocycles. The molecule has 0 aliphatic heterocycles. The van der Waals surface area contributed by atoms with E-state index in [1.54, 1.807) is 10.6 Å². The van der Waals surface area contributed by atoms with Crippen molar-refractivity contribution < 1.29 is 0 Å². The second-order valence-corrected chi connectivity index (χ2v) is 7.96. The fraction of sp³-hybridized carbons (Fsp3) is 0.250. The highest BCUT2D eigenvalue weighted by Crippen LogP contribution is 2.25. The third-order valence-corrected chi connectivity index (χ3v) is 5.04. The molecule has 29 heavy (non-hydrogen) atoms. The Kier molecular flexibility index (Phi) is 5.32. The summed E-state index contributed by atoms with van der Waals surface area (Å²) in [5, 5.41) is 0. The summed E-state index contributed by atoms with van der Waals surface area (Å²) in [4.78, 5) is 22.8. The number of aromatic amines is 1. The van der Waals surface area contributed by atoms with Crippen LogP contribution in [0.15, 0.2) is 71.7 Å². The summed E-state index contributed by atoms with van der Waals surface area (Å²) in [6.45, 7) is 3.84. The first-order valence-electron chi connectivity index (χ1n) is 9.90. The molecule has 2 heterocycles. The number of hydrogen-bond donors (Lipinski definition) is 1. The van der Waals surface area contributed by atoms with Crippen LogP contribution in [0.1, 0.15) is 6.92 Å². The lowest BCUT2D eigenvalue weighted by atomic mass is 10.1. The Balaban J connectivity index is 1.61. The number of rotatable bonds is 6. The average molecular weight is 386 g/mol. The molecule has 0 bridgehead atoms. The maximum Gasteiger partial charge on any atom is 0.251 e. The second-order valence-electron chi connectivity index (χ2n) is 7.96. The van der Waals surface area contributed by atoms with Crippen molar-refractivity contribution in [2.75, 3.05) is 20.6 Å². The summed E-state index contributed by atoms with van der Waals surface area (Å²) in [6, 6.07) is 19.9. The summed E-state index contributed by atoms with van der Waals surface area (Å²) >= 11 is 0. The highest BCUT2D eigenvalue weighted by atomic mass is 16.1. The van der Waals surface area contributed by atoms with Crippen LogP contribution in [0.5, 0.6) is 0 Å². The van der Waals surface area contributed by atoms with Gasteiger partial charge in [-0.2, -0.15) is 0 Å². The summed E-state index contributed by atoms with van der Waals surface area (Å²) in [5.41, 5.74) is 4.89. The molecule has 5 nitrogen and oxygen atoms in total. The standard InChI is InChI=1S/C24H26N4O/c1-17(15-27(2)3)16-28-12-11-20(14-23(28)29)19-9-10-21-22(13-19)26-24(25-21)18-7-5-4-6-8-18/h4-14,17H,15-16H2,1-3H3,(H,25,26). The van der Waals surface area contributed by atoms with Gasteiger partial charge in [-0.25, -0.2) is 4.98 Å². The lowest BCUT2D eigenvalue weighted by molar-refractivity contribution is 0.313. The molecule has 0 spiro atoms. The maximum atomic E-state index is 12.6. The van der Waals surface area contributed by atoms with Crippen LogP contribution in [0.2, 0.25) is 0 Å². The molecule has 1 unspecified atom stereocenters.